The van der Waals surface area contributed by atoms with E-state index in [0.717, 1.165) is 48.8 Å². The third kappa shape index (κ3) is 4.01. The van der Waals surface area contributed by atoms with E-state index in [2.05, 4.69) is 40.6 Å². The quantitative estimate of drug-likeness (QED) is 0.556. The molecule has 34 heavy (non-hydrogen) atoms. The highest BCUT2D eigenvalue weighted by Gasteiger charge is 2.35. The van der Waals surface area contributed by atoms with Crippen LogP contribution in [-0.2, 0) is 13.1 Å². The second kappa shape index (κ2) is 8.60. The third-order valence-corrected chi connectivity index (χ3v) is 7.08. The molecule has 1 aromatic carbocycles. The Hall–Kier alpha value is -3.09. The number of halogens is 2. The number of anilines is 1. The minimum absolute atomic E-state index is 0.207. The molecule has 0 unspecified atom stereocenters. The van der Waals surface area contributed by atoms with Crippen LogP contribution in [0.3, 0.4) is 0 Å². The van der Waals surface area contributed by atoms with Crippen LogP contribution in [0.25, 0.3) is 5.69 Å². The van der Waals surface area contributed by atoms with Gasteiger partial charge in [0.05, 0.1) is 30.2 Å². The van der Waals surface area contributed by atoms with E-state index in [4.69, 9.17) is 11.6 Å². The van der Waals surface area contributed by atoms with Crippen molar-refractivity contribution in [2.75, 3.05) is 18.0 Å². The van der Waals surface area contributed by atoms with Crippen LogP contribution in [0.15, 0.2) is 24.4 Å². The lowest BCUT2D eigenvalue weighted by Gasteiger charge is -2.31. The third-order valence-electron chi connectivity index (χ3n) is 6.84. The van der Waals surface area contributed by atoms with Crippen LogP contribution < -0.4 is 4.90 Å². The summed E-state index contributed by atoms with van der Waals surface area (Å²) in [4.78, 5) is 12.7. The van der Waals surface area contributed by atoms with E-state index >= 15 is 0 Å². The van der Waals surface area contributed by atoms with Crippen molar-refractivity contribution in [3.63, 3.8) is 0 Å². The number of aryl methyl sites for hydroxylation is 1. The van der Waals surface area contributed by atoms with Crippen LogP contribution in [0.1, 0.15) is 55.5 Å². The summed E-state index contributed by atoms with van der Waals surface area (Å²) < 4.78 is 15.7. The molecule has 5 rings (SSSR count). The first-order valence-electron chi connectivity index (χ1n) is 11.4. The molecule has 2 aliphatic rings. The molecule has 0 spiro atoms. The maximum Gasteiger partial charge on any atom is 0.225 e. The number of nitrogens with zero attached hydrogens (tertiary/aromatic N) is 8. The number of fused-ring (bicyclic) bond motifs is 3. The smallest absolute Gasteiger partial charge is 0.225 e. The number of benzene rings is 1. The van der Waals surface area contributed by atoms with Gasteiger partial charge in [0.15, 0.2) is 11.6 Å². The topological polar surface area (TPSA) is 86.8 Å². The van der Waals surface area contributed by atoms with Gasteiger partial charge in [0.2, 0.25) is 5.95 Å². The normalized spacial score (nSPS) is 17.1. The van der Waals surface area contributed by atoms with E-state index in [9.17, 15) is 9.65 Å². The van der Waals surface area contributed by atoms with Gasteiger partial charge in [-0.3, -0.25) is 9.47 Å². The largest absolute Gasteiger partial charge is 0.341 e. The first kappa shape index (κ1) is 22.7. The van der Waals surface area contributed by atoms with Crippen LogP contribution in [0.4, 0.5) is 10.3 Å². The van der Waals surface area contributed by atoms with E-state index in [0.29, 0.717) is 29.8 Å². The molecule has 1 saturated heterocycles. The molecule has 0 aliphatic carbocycles. The maximum atomic E-state index is 13.6. The Morgan fingerprint density at radius 3 is 2.65 bits per heavy atom. The molecule has 2 aromatic heterocycles. The van der Waals surface area contributed by atoms with Gasteiger partial charge in [0.25, 0.3) is 0 Å². The Balaban J connectivity index is 1.46. The van der Waals surface area contributed by atoms with Crippen molar-refractivity contribution in [1.82, 2.24) is 29.6 Å². The highest BCUT2D eigenvalue weighted by Crippen LogP contribution is 2.35. The highest BCUT2D eigenvalue weighted by atomic mass is 35.5. The van der Waals surface area contributed by atoms with Crippen LogP contribution >= 0.6 is 11.6 Å². The zero-order valence-electron chi connectivity index (χ0n) is 19.5. The predicted molar refractivity (Wildman–Crippen MR) is 126 cm³/mol. The fourth-order valence-electron chi connectivity index (χ4n) is 4.69. The number of rotatable bonds is 3. The molecule has 4 heterocycles. The summed E-state index contributed by atoms with van der Waals surface area (Å²) >= 11 is 6.35. The van der Waals surface area contributed by atoms with E-state index in [1.54, 1.807) is 6.92 Å². The minimum Gasteiger partial charge on any atom is -0.341 e. The molecule has 0 bridgehead atoms. The van der Waals surface area contributed by atoms with Crippen molar-refractivity contribution >= 4 is 17.5 Å². The van der Waals surface area contributed by atoms with Crippen molar-refractivity contribution in [3.8, 4) is 11.8 Å². The van der Waals surface area contributed by atoms with Gasteiger partial charge in [-0.25, -0.2) is 14.4 Å². The lowest BCUT2D eigenvalue weighted by atomic mass is 9.95. The molecule has 176 valence electrons. The van der Waals surface area contributed by atoms with Gasteiger partial charge < -0.3 is 4.90 Å². The Bertz CT molecular complexity index is 1270. The zero-order valence-corrected chi connectivity index (χ0v) is 20.2. The predicted octanol–water partition coefficient (Wildman–Crippen LogP) is 4.16. The Morgan fingerprint density at radius 2 is 1.94 bits per heavy atom. The molecule has 3 aromatic rings. The molecule has 10 heteroatoms. The first-order chi connectivity index (χ1) is 16.3. The molecule has 0 atom stereocenters. The number of aromatic nitrogens is 5. The molecule has 2 aliphatic heterocycles. The van der Waals surface area contributed by atoms with Crippen LogP contribution in [0.5, 0.6) is 0 Å². The zero-order chi connectivity index (χ0) is 24.0. The lowest BCUT2D eigenvalue weighted by molar-refractivity contribution is 0.147. The van der Waals surface area contributed by atoms with Gasteiger partial charge in [-0.15, -0.1) is 10.2 Å². The van der Waals surface area contributed by atoms with Gasteiger partial charge in [-0.05, 0) is 57.4 Å². The fourth-order valence-corrected chi connectivity index (χ4v) is 4.88. The molecule has 0 radical (unpaired) electrons. The van der Waals surface area contributed by atoms with Gasteiger partial charge >= 0.3 is 0 Å². The molecule has 8 nitrogen and oxygen atoms in total. The van der Waals surface area contributed by atoms with E-state index in [-0.39, 0.29) is 5.92 Å². The van der Waals surface area contributed by atoms with Crippen LogP contribution in [-0.4, -0.2) is 48.3 Å². The SMILES string of the molecule is Cc1nc(N2CCC(c3nnc4n3-c3ccc(Cl)cc3CN(C(C)(C)C#N)C4)CC2)ncc1F. The second-order valence-electron chi connectivity index (χ2n) is 9.47. The van der Waals surface area contributed by atoms with E-state index in [1.807, 2.05) is 32.0 Å². The first-order valence-corrected chi connectivity index (χ1v) is 11.8. The van der Waals surface area contributed by atoms with Crippen molar-refractivity contribution in [3.05, 3.63) is 58.1 Å². The number of piperidine rings is 1. The Morgan fingerprint density at radius 1 is 1.18 bits per heavy atom. The number of hydrogen-bond acceptors (Lipinski definition) is 7. The van der Waals surface area contributed by atoms with Gasteiger partial charge in [0.1, 0.15) is 11.4 Å². The summed E-state index contributed by atoms with van der Waals surface area (Å²) in [5, 5.41) is 19.6. The van der Waals surface area contributed by atoms with Gasteiger partial charge in [-0.1, -0.05) is 11.6 Å². The summed E-state index contributed by atoms with van der Waals surface area (Å²) in [6.45, 7) is 8.09. The standard InChI is InChI=1S/C24H26ClFN8/c1-15-19(26)11-28-23(29-15)32-8-6-16(7-9-32)22-31-30-21-13-33(24(2,3)14-27)12-17-10-18(25)4-5-20(17)34(21)22/h4-5,10-11,16H,6-9,12-13H2,1-3H3. The Labute approximate surface area is 203 Å². The van der Waals surface area contributed by atoms with Crippen LogP contribution in [0, 0.1) is 24.1 Å². The van der Waals surface area contributed by atoms with Gasteiger partial charge in [-0.2, -0.15) is 5.26 Å². The summed E-state index contributed by atoms with van der Waals surface area (Å²) in [7, 11) is 0. The summed E-state index contributed by atoms with van der Waals surface area (Å²) in [6, 6.07) is 8.27. The molecular formula is C24H26ClFN8. The fraction of sp³-hybridized carbons (Fsp3) is 0.458. The summed E-state index contributed by atoms with van der Waals surface area (Å²) in [5.74, 6) is 2.12. The van der Waals surface area contributed by atoms with Crippen molar-refractivity contribution < 1.29 is 4.39 Å². The molecule has 0 amide bonds. The maximum absolute atomic E-state index is 13.6. The van der Waals surface area contributed by atoms with Crippen LogP contribution in [0.2, 0.25) is 5.02 Å². The molecule has 0 saturated carbocycles. The van der Waals surface area contributed by atoms with Crippen molar-refractivity contribution in [2.24, 2.45) is 0 Å². The summed E-state index contributed by atoms with van der Waals surface area (Å²) in [6.07, 6.45) is 2.95. The monoisotopic (exact) mass is 480 g/mol. The summed E-state index contributed by atoms with van der Waals surface area (Å²) in [5.41, 5.74) is 1.74. The molecule has 1 fully saturated rings. The van der Waals surface area contributed by atoms with Gasteiger partial charge in [0, 0.05) is 30.6 Å². The highest BCUT2D eigenvalue weighted by molar-refractivity contribution is 6.30. The minimum atomic E-state index is -0.667. The average molecular weight is 481 g/mol. The number of nitriles is 1. The number of hydrogen-bond donors (Lipinski definition) is 0. The van der Waals surface area contributed by atoms with E-state index in [1.165, 1.54) is 6.20 Å². The van der Waals surface area contributed by atoms with Crippen molar-refractivity contribution in [2.45, 2.75) is 58.2 Å². The van der Waals surface area contributed by atoms with Crippen molar-refractivity contribution in [1.29, 1.82) is 5.26 Å². The average Bonchev–Trinajstić information content (AvgIpc) is 3.16. The second-order valence-corrected chi connectivity index (χ2v) is 9.91. The molecule has 0 N–H and O–H groups in total. The lowest BCUT2D eigenvalue weighted by Crippen LogP contribution is -2.41. The Kier molecular flexibility index (Phi) is 5.74. The van der Waals surface area contributed by atoms with E-state index < -0.39 is 11.4 Å². The molecular weight excluding hydrogens is 455 g/mol.